The van der Waals surface area contributed by atoms with E-state index in [9.17, 15) is 4.79 Å². The Morgan fingerprint density at radius 1 is 1.33 bits per heavy atom. The molecule has 0 spiro atoms. The summed E-state index contributed by atoms with van der Waals surface area (Å²) >= 11 is 0. The van der Waals surface area contributed by atoms with Gasteiger partial charge in [0.2, 0.25) is 0 Å². The maximum Gasteiger partial charge on any atom is 0.255 e. The Bertz CT molecular complexity index is 848. The third-order valence-electron chi connectivity index (χ3n) is 4.20. The fourth-order valence-electron chi connectivity index (χ4n) is 3.05. The molecule has 0 saturated carbocycles. The first kappa shape index (κ1) is 14.6. The number of nitrogens with one attached hydrogen (secondary N) is 1. The molecule has 122 valence electrons. The Balaban J connectivity index is 1.48. The lowest BCUT2D eigenvalue weighted by Gasteiger charge is -2.33. The van der Waals surface area contributed by atoms with Gasteiger partial charge in [0.25, 0.3) is 5.91 Å². The van der Waals surface area contributed by atoms with Crippen LogP contribution in [-0.2, 0) is 0 Å². The first-order chi connectivity index (χ1) is 11.8. The molecule has 1 amide bonds. The molecule has 1 atom stereocenters. The highest BCUT2D eigenvalue weighted by Gasteiger charge is 2.23. The number of piperidine rings is 1. The van der Waals surface area contributed by atoms with E-state index in [2.05, 4.69) is 30.4 Å². The molecule has 4 heterocycles. The number of carbonyl (C=O) groups excluding carboxylic acids is 1. The highest BCUT2D eigenvalue weighted by atomic mass is 16.1. The Kier molecular flexibility index (Phi) is 3.78. The van der Waals surface area contributed by atoms with Crippen LogP contribution in [0.3, 0.4) is 0 Å². The van der Waals surface area contributed by atoms with Crippen LogP contribution in [0.5, 0.6) is 0 Å². The zero-order chi connectivity index (χ0) is 16.4. The van der Waals surface area contributed by atoms with Crippen molar-refractivity contribution in [2.75, 3.05) is 18.0 Å². The molecule has 1 unspecified atom stereocenters. The highest BCUT2D eigenvalue weighted by Crippen LogP contribution is 2.17. The minimum Gasteiger partial charge on any atom is -0.353 e. The molecule has 8 nitrogen and oxygen atoms in total. The number of carbonyl (C=O) groups is 1. The number of pyridine rings is 1. The third-order valence-corrected chi connectivity index (χ3v) is 4.20. The van der Waals surface area contributed by atoms with E-state index in [4.69, 9.17) is 0 Å². The van der Waals surface area contributed by atoms with E-state index in [1.807, 2.05) is 12.3 Å². The minimum absolute atomic E-state index is 0.0661. The predicted molar refractivity (Wildman–Crippen MR) is 87.7 cm³/mol. The second-order valence-corrected chi connectivity index (χ2v) is 5.81. The molecule has 1 saturated heterocycles. The summed E-state index contributed by atoms with van der Waals surface area (Å²) in [6, 6.07) is 3.65. The van der Waals surface area contributed by atoms with Crippen LogP contribution in [0, 0.1) is 0 Å². The summed E-state index contributed by atoms with van der Waals surface area (Å²) in [5.41, 5.74) is 1.10. The van der Waals surface area contributed by atoms with E-state index < -0.39 is 0 Å². The number of hydrogen-bond donors (Lipinski definition) is 1. The summed E-state index contributed by atoms with van der Waals surface area (Å²) in [5, 5.41) is 11.0. The Morgan fingerprint density at radius 2 is 2.29 bits per heavy atom. The molecule has 0 aromatic carbocycles. The van der Waals surface area contributed by atoms with Crippen LogP contribution in [0.15, 0.2) is 43.2 Å². The second kappa shape index (κ2) is 6.23. The van der Waals surface area contributed by atoms with Gasteiger partial charge in [0.15, 0.2) is 5.65 Å². The lowest BCUT2D eigenvalue weighted by Crippen LogP contribution is -2.48. The topological polar surface area (TPSA) is 88.3 Å². The molecule has 0 aliphatic carbocycles. The maximum absolute atomic E-state index is 12.6. The van der Waals surface area contributed by atoms with E-state index in [1.54, 1.807) is 35.4 Å². The molecule has 8 heteroatoms. The number of fused-ring (bicyclic) bond motifs is 1. The van der Waals surface area contributed by atoms with E-state index in [0.717, 1.165) is 31.7 Å². The molecule has 3 aromatic heterocycles. The lowest BCUT2D eigenvalue weighted by molar-refractivity contribution is 0.0934. The molecule has 0 radical (unpaired) electrons. The lowest BCUT2D eigenvalue weighted by atomic mass is 10.1. The van der Waals surface area contributed by atoms with Crippen molar-refractivity contribution in [3.63, 3.8) is 0 Å². The van der Waals surface area contributed by atoms with Crippen molar-refractivity contribution in [3.8, 4) is 0 Å². The zero-order valence-corrected chi connectivity index (χ0v) is 13.0. The number of aromatic nitrogens is 5. The molecule has 4 rings (SSSR count). The summed E-state index contributed by atoms with van der Waals surface area (Å²) in [7, 11) is 0. The normalized spacial score (nSPS) is 17.8. The molecule has 0 bridgehead atoms. The van der Waals surface area contributed by atoms with E-state index >= 15 is 0 Å². The fraction of sp³-hybridized carbons (Fsp3) is 0.312. The number of amides is 1. The Morgan fingerprint density at radius 3 is 3.17 bits per heavy atom. The van der Waals surface area contributed by atoms with Crippen LogP contribution in [0.25, 0.3) is 5.65 Å². The van der Waals surface area contributed by atoms with Crippen LogP contribution >= 0.6 is 0 Å². The van der Waals surface area contributed by atoms with Gasteiger partial charge in [-0.1, -0.05) is 0 Å². The van der Waals surface area contributed by atoms with Gasteiger partial charge in [-0.25, -0.2) is 4.98 Å². The second-order valence-electron chi connectivity index (χ2n) is 5.81. The van der Waals surface area contributed by atoms with Gasteiger partial charge in [0, 0.05) is 37.7 Å². The van der Waals surface area contributed by atoms with Crippen molar-refractivity contribution in [3.05, 3.63) is 48.8 Å². The first-order valence-electron chi connectivity index (χ1n) is 7.91. The Hall–Kier alpha value is -3.03. The molecular weight excluding hydrogens is 306 g/mol. The predicted octanol–water partition coefficient (Wildman–Crippen LogP) is 0.918. The molecule has 3 aromatic rings. The number of hydrogen-bond acceptors (Lipinski definition) is 6. The number of nitrogens with zero attached hydrogens (tertiary/aromatic N) is 6. The summed E-state index contributed by atoms with van der Waals surface area (Å²) < 4.78 is 1.74. The molecule has 1 aliphatic rings. The van der Waals surface area contributed by atoms with Crippen LogP contribution < -0.4 is 10.2 Å². The van der Waals surface area contributed by atoms with Crippen LogP contribution in [0.4, 0.5) is 5.82 Å². The number of anilines is 1. The van der Waals surface area contributed by atoms with E-state index in [-0.39, 0.29) is 11.9 Å². The summed E-state index contributed by atoms with van der Waals surface area (Å²) in [5.74, 6) is 0.718. The zero-order valence-electron chi connectivity index (χ0n) is 13.0. The van der Waals surface area contributed by atoms with Gasteiger partial charge in [-0.05, 0) is 25.0 Å². The van der Waals surface area contributed by atoms with Crippen LogP contribution in [0.1, 0.15) is 23.2 Å². The van der Waals surface area contributed by atoms with Gasteiger partial charge in [-0.3, -0.25) is 14.2 Å². The average Bonchev–Trinajstić information content (AvgIpc) is 3.11. The smallest absolute Gasteiger partial charge is 0.255 e. The summed E-state index contributed by atoms with van der Waals surface area (Å²) in [6.45, 7) is 1.64. The largest absolute Gasteiger partial charge is 0.353 e. The van der Waals surface area contributed by atoms with Crippen molar-refractivity contribution in [1.29, 1.82) is 0 Å². The summed E-state index contributed by atoms with van der Waals surface area (Å²) in [6.07, 6.45) is 10.4. The minimum atomic E-state index is -0.125. The van der Waals surface area contributed by atoms with Gasteiger partial charge in [0.1, 0.15) is 12.1 Å². The first-order valence-corrected chi connectivity index (χ1v) is 7.91. The van der Waals surface area contributed by atoms with Crippen molar-refractivity contribution in [2.45, 2.75) is 18.9 Å². The van der Waals surface area contributed by atoms with Gasteiger partial charge in [-0.2, -0.15) is 0 Å². The van der Waals surface area contributed by atoms with Gasteiger partial charge in [-0.15, -0.1) is 10.2 Å². The monoisotopic (exact) mass is 323 g/mol. The van der Waals surface area contributed by atoms with Crippen molar-refractivity contribution in [1.82, 2.24) is 29.9 Å². The third kappa shape index (κ3) is 2.78. The summed E-state index contributed by atoms with van der Waals surface area (Å²) in [4.78, 5) is 23.2. The molecule has 1 N–H and O–H groups in total. The fourth-order valence-corrected chi connectivity index (χ4v) is 3.05. The van der Waals surface area contributed by atoms with Gasteiger partial charge < -0.3 is 10.2 Å². The van der Waals surface area contributed by atoms with Crippen molar-refractivity contribution in [2.24, 2.45) is 0 Å². The average molecular weight is 323 g/mol. The molecule has 24 heavy (non-hydrogen) atoms. The van der Waals surface area contributed by atoms with Crippen molar-refractivity contribution < 1.29 is 4.79 Å². The molecule has 1 aliphatic heterocycles. The van der Waals surface area contributed by atoms with Gasteiger partial charge >= 0.3 is 0 Å². The van der Waals surface area contributed by atoms with Gasteiger partial charge in [0.05, 0.1) is 11.8 Å². The quantitative estimate of drug-likeness (QED) is 0.771. The SMILES string of the molecule is O=C(NC1CCCN(c2cnccn2)C1)c1cccn2cnnc12. The van der Waals surface area contributed by atoms with E-state index in [1.165, 1.54) is 0 Å². The number of rotatable bonds is 3. The van der Waals surface area contributed by atoms with Crippen molar-refractivity contribution >= 4 is 17.4 Å². The molecular formula is C16H17N7O. The Labute approximate surface area is 138 Å². The molecule has 1 fully saturated rings. The highest BCUT2D eigenvalue weighted by molar-refractivity contribution is 5.99. The van der Waals surface area contributed by atoms with Crippen LogP contribution in [0.2, 0.25) is 0 Å². The standard InChI is InChI=1S/C16H17N7O/c24-16(13-4-2-8-23-11-19-21-15(13)23)20-12-3-1-7-22(10-12)14-9-17-5-6-18-14/h2,4-6,8-9,11-12H,1,3,7,10H2,(H,20,24). The van der Waals surface area contributed by atoms with E-state index in [0.29, 0.717) is 11.2 Å². The van der Waals surface area contributed by atoms with Crippen LogP contribution in [-0.4, -0.2) is 49.6 Å². The maximum atomic E-state index is 12.6.